The molecule has 29 heavy (non-hydrogen) atoms. The first-order valence-electron chi connectivity index (χ1n) is 9.54. The summed E-state index contributed by atoms with van der Waals surface area (Å²) in [5, 5.41) is 10.8. The molecule has 152 valence electrons. The van der Waals surface area contributed by atoms with Crippen molar-refractivity contribution in [1.82, 2.24) is 15.0 Å². The summed E-state index contributed by atoms with van der Waals surface area (Å²) in [6.07, 6.45) is 6.37. The van der Waals surface area contributed by atoms with Gasteiger partial charge in [-0.1, -0.05) is 13.3 Å². The van der Waals surface area contributed by atoms with Crippen molar-refractivity contribution in [3.05, 3.63) is 53.2 Å². The lowest BCUT2D eigenvalue weighted by atomic mass is 9.82. The molecule has 2 aromatic heterocycles. The predicted octanol–water partition coefficient (Wildman–Crippen LogP) is 3.19. The van der Waals surface area contributed by atoms with Crippen molar-refractivity contribution in [3.8, 4) is 0 Å². The van der Waals surface area contributed by atoms with Crippen LogP contribution < -0.4 is 11.1 Å². The number of H-pyrrole nitrogens is 1. The van der Waals surface area contributed by atoms with E-state index in [0.717, 1.165) is 35.9 Å². The van der Waals surface area contributed by atoms with Crippen LogP contribution in [0.15, 0.2) is 30.6 Å². The number of carboxylic acid groups (broad SMARTS) is 1. The van der Waals surface area contributed by atoms with Gasteiger partial charge in [-0.15, -0.1) is 0 Å². The third-order valence-corrected chi connectivity index (χ3v) is 5.27. The molecule has 3 aromatic rings. The van der Waals surface area contributed by atoms with Crippen LogP contribution >= 0.6 is 0 Å². The van der Waals surface area contributed by atoms with E-state index in [2.05, 4.69) is 27.2 Å². The Hall–Kier alpha value is -3.26. The Kier molecular flexibility index (Phi) is 6.23. The van der Waals surface area contributed by atoms with Crippen LogP contribution in [-0.4, -0.2) is 32.4 Å². The molecule has 8 heteroatoms. The van der Waals surface area contributed by atoms with Gasteiger partial charge in [-0.2, -0.15) is 0 Å². The number of hydrogen-bond acceptors (Lipinski definition) is 5. The molecule has 1 aliphatic carbocycles. The highest BCUT2D eigenvalue weighted by atomic mass is 16.3. The second kappa shape index (κ2) is 8.83. The predicted molar refractivity (Wildman–Crippen MR) is 111 cm³/mol. The van der Waals surface area contributed by atoms with E-state index in [1.165, 1.54) is 5.56 Å². The van der Waals surface area contributed by atoms with Gasteiger partial charge in [0, 0.05) is 28.2 Å². The minimum atomic E-state index is -0.250. The molecule has 8 nitrogen and oxygen atoms in total. The number of benzene rings is 1. The number of aromatic amines is 1. The smallest absolute Gasteiger partial charge is 0.290 e. The molecule has 0 bridgehead atoms. The molecule has 2 unspecified atom stereocenters. The summed E-state index contributed by atoms with van der Waals surface area (Å²) in [4.78, 5) is 32.6. The summed E-state index contributed by atoms with van der Waals surface area (Å²) < 4.78 is 0. The second-order valence-corrected chi connectivity index (χ2v) is 7.18. The first-order valence-corrected chi connectivity index (χ1v) is 9.54. The van der Waals surface area contributed by atoms with Gasteiger partial charge in [0.05, 0.1) is 18.1 Å². The fraction of sp³-hybridized carbons (Fsp3) is 0.333. The van der Waals surface area contributed by atoms with Gasteiger partial charge >= 0.3 is 0 Å². The molecule has 2 heterocycles. The molecule has 0 spiro atoms. The third-order valence-electron chi connectivity index (χ3n) is 5.27. The first kappa shape index (κ1) is 20.5. The SMILES string of the molecule is CCC1Cc2c([nH]c3ccc(C(=O)Nc4cnc(C)nc4)cc23)C(N)C1.O=CO. The molecular formula is C21H25N5O3. The number of aromatic nitrogens is 3. The van der Waals surface area contributed by atoms with Crippen LogP contribution in [-0.2, 0) is 11.2 Å². The van der Waals surface area contributed by atoms with Gasteiger partial charge in [0.15, 0.2) is 0 Å². The van der Waals surface area contributed by atoms with E-state index in [1.54, 1.807) is 12.4 Å². The Morgan fingerprint density at radius 2 is 2.07 bits per heavy atom. The number of carbonyl (C=O) groups excluding carboxylic acids is 1. The molecule has 2 atom stereocenters. The summed E-state index contributed by atoms with van der Waals surface area (Å²) >= 11 is 0. The van der Waals surface area contributed by atoms with Crippen molar-refractivity contribution < 1.29 is 14.7 Å². The maximum absolute atomic E-state index is 12.6. The lowest BCUT2D eigenvalue weighted by molar-refractivity contribution is -0.122. The Labute approximate surface area is 168 Å². The number of nitrogens with zero attached hydrogens (tertiary/aromatic N) is 2. The fourth-order valence-electron chi connectivity index (χ4n) is 3.77. The highest BCUT2D eigenvalue weighted by molar-refractivity contribution is 6.06. The molecule has 1 amide bonds. The van der Waals surface area contributed by atoms with Crippen LogP contribution in [0.5, 0.6) is 0 Å². The Bertz CT molecular complexity index is 1010. The van der Waals surface area contributed by atoms with Crippen molar-refractivity contribution >= 4 is 29.0 Å². The van der Waals surface area contributed by atoms with Gasteiger partial charge < -0.3 is 21.1 Å². The number of hydrogen-bond donors (Lipinski definition) is 4. The van der Waals surface area contributed by atoms with Gasteiger partial charge in [-0.05, 0) is 49.4 Å². The van der Waals surface area contributed by atoms with Crippen molar-refractivity contribution in [2.75, 3.05) is 5.32 Å². The van der Waals surface area contributed by atoms with Gasteiger partial charge in [-0.3, -0.25) is 9.59 Å². The number of aryl methyl sites for hydroxylation is 1. The van der Waals surface area contributed by atoms with Gasteiger partial charge in [0.25, 0.3) is 12.4 Å². The number of carbonyl (C=O) groups is 2. The summed E-state index contributed by atoms with van der Waals surface area (Å²) in [6.45, 7) is 3.77. The molecule has 1 aliphatic rings. The summed E-state index contributed by atoms with van der Waals surface area (Å²) in [5.41, 5.74) is 11.0. The molecule has 0 saturated heterocycles. The zero-order valence-electron chi connectivity index (χ0n) is 16.5. The van der Waals surface area contributed by atoms with E-state index >= 15 is 0 Å². The summed E-state index contributed by atoms with van der Waals surface area (Å²) in [6, 6.07) is 5.79. The van der Waals surface area contributed by atoms with E-state index in [1.807, 2.05) is 25.1 Å². The molecule has 0 aliphatic heterocycles. The Morgan fingerprint density at radius 1 is 1.38 bits per heavy atom. The zero-order chi connectivity index (χ0) is 21.0. The van der Waals surface area contributed by atoms with Crippen LogP contribution in [0.25, 0.3) is 10.9 Å². The lowest BCUT2D eigenvalue weighted by Gasteiger charge is -2.26. The molecule has 1 aromatic carbocycles. The maximum Gasteiger partial charge on any atom is 0.290 e. The highest BCUT2D eigenvalue weighted by Crippen LogP contribution is 2.37. The molecule has 0 fully saturated rings. The zero-order valence-corrected chi connectivity index (χ0v) is 16.5. The van der Waals surface area contributed by atoms with Crippen LogP contribution in [0.1, 0.15) is 53.2 Å². The van der Waals surface area contributed by atoms with E-state index < -0.39 is 0 Å². The number of nitrogens with one attached hydrogen (secondary N) is 2. The Balaban J connectivity index is 0.000000755. The highest BCUT2D eigenvalue weighted by Gasteiger charge is 2.27. The average Bonchev–Trinajstić information content (AvgIpc) is 3.09. The summed E-state index contributed by atoms with van der Waals surface area (Å²) in [5.74, 6) is 1.10. The van der Waals surface area contributed by atoms with Gasteiger partial charge in [0.1, 0.15) is 5.82 Å². The number of amides is 1. The van der Waals surface area contributed by atoms with E-state index in [-0.39, 0.29) is 18.4 Å². The first-order chi connectivity index (χ1) is 14.0. The molecule has 4 rings (SSSR count). The lowest BCUT2D eigenvalue weighted by Crippen LogP contribution is -2.23. The van der Waals surface area contributed by atoms with Gasteiger partial charge in [0.2, 0.25) is 0 Å². The average molecular weight is 395 g/mol. The standard InChI is InChI=1S/C20H23N5O.CH2O2/c1-3-12-6-16-15-8-13(4-5-18(15)25-19(16)17(21)7-12)20(26)24-14-9-22-11(2)23-10-14;2-1-3/h4-5,8-10,12,17,25H,3,6-7,21H2,1-2H3,(H,24,26);1H,(H,2,3). The largest absolute Gasteiger partial charge is 0.483 e. The van der Waals surface area contributed by atoms with Crippen LogP contribution in [0, 0.1) is 12.8 Å². The minimum Gasteiger partial charge on any atom is -0.483 e. The third kappa shape index (κ3) is 4.43. The van der Waals surface area contributed by atoms with Crippen molar-refractivity contribution in [2.45, 2.75) is 39.2 Å². The second-order valence-electron chi connectivity index (χ2n) is 7.18. The monoisotopic (exact) mass is 395 g/mol. The fourth-order valence-corrected chi connectivity index (χ4v) is 3.77. The Morgan fingerprint density at radius 3 is 2.72 bits per heavy atom. The number of rotatable bonds is 3. The van der Waals surface area contributed by atoms with E-state index in [4.69, 9.17) is 15.6 Å². The topological polar surface area (TPSA) is 134 Å². The minimum absolute atomic E-state index is 0.0399. The van der Waals surface area contributed by atoms with Crippen LogP contribution in [0.3, 0.4) is 0 Å². The summed E-state index contributed by atoms with van der Waals surface area (Å²) in [7, 11) is 0. The number of anilines is 1. The van der Waals surface area contributed by atoms with E-state index in [0.29, 0.717) is 23.0 Å². The molecule has 0 radical (unpaired) electrons. The quantitative estimate of drug-likeness (QED) is 0.503. The van der Waals surface area contributed by atoms with Crippen molar-refractivity contribution in [3.63, 3.8) is 0 Å². The maximum atomic E-state index is 12.6. The van der Waals surface area contributed by atoms with Crippen molar-refractivity contribution in [1.29, 1.82) is 0 Å². The van der Waals surface area contributed by atoms with E-state index in [9.17, 15) is 4.79 Å². The van der Waals surface area contributed by atoms with Crippen LogP contribution in [0.2, 0.25) is 0 Å². The van der Waals surface area contributed by atoms with Crippen LogP contribution in [0.4, 0.5) is 5.69 Å². The van der Waals surface area contributed by atoms with Crippen molar-refractivity contribution in [2.24, 2.45) is 11.7 Å². The number of nitrogens with two attached hydrogens (primary N) is 1. The molecule has 5 N–H and O–H groups in total. The number of fused-ring (bicyclic) bond motifs is 3. The normalized spacial score (nSPS) is 17.8. The molecule has 0 saturated carbocycles. The van der Waals surface area contributed by atoms with Gasteiger partial charge in [-0.25, -0.2) is 9.97 Å². The molecular weight excluding hydrogens is 370 g/mol.